The Balaban J connectivity index is 0.000000284. The van der Waals surface area contributed by atoms with Crippen LogP contribution >= 0.6 is 0 Å². The molecule has 0 fully saturated rings. The molecule has 3 heteroatoms. The van der Waals surface area contributed by atoms with Crippen molar-refractivity contribution in [2.75, 3.05) is 0 Å². The smallest absolute Gasteiger partial charge is 0 e. The average Bonchev–Trinajstić information content (AvgIpc) is 2.93. The van der Waals surface area contributed by atoms with Crippen molar-refractivity contribution in [1.29, 1.82) is 0 Å². The van der Waals surface area contributed by atoms with Gasteiger partial charge in [-0.05, 0) is 0 Å². The minimum Gasteiger partial charge on any atom is -0.886 e. The van der Waals surface area contributed by atoms with Crippen LogP contribution in [0, 0.1) is 48.5 Å². The van der Waals surface area contributed by atoms with Crippen LogP contribution in [0.15, 0.2) is 0 Å². The third-order valence-electron chi connectivity index (χ3n) is 1.58. The van der Waals surface area contributed by atoms with Crippen LogP contribution in [0.1, 0.15) is 34.6 Å². The van der Waals surface area contributed by atoms with Crippen molar-refractivity contribution in [3.63, 3.8) is 0 Å². The molecule has 0 radical (unpaired) electrons. The van der Waals surface area contributed by atoms with Crippen molar-refractivity contribution in [2.24, 2.45) is 0 Å². The molecule has 92 valence electrons. The zero-order valence-electron chi connectivity index (χ0n) is 9.17. The Hall–Kier alpha value is -1.44. The van der Waals surface area contributed by atoms with E-state index in [0.29, 0.717) is 11.1 Å². The number of ketones is 2. The number of rotatable bonds is 2. The third kappa shape index (κ3) is 5.43. The van der Waals surface area contributed by atoms with Crippen molar-refractivity contribution in [1.82, 2.24) is 0 Å². The van der Waals surface area contributed by atoms with Gasteiger partial charge in [0.1, 0.15) is 0 Å². The molecule has 0 aliphatic heterocycles. The largest absolute Gasteiger partial charge is 0.886 e. The third-order valence-corrected chi connectivity index (χ3v) is 1.58. The number of Topliss-reactive ketones (excluding diaryl/α,β-unsaturated/α-hetero) is 2. The van der Waals surface area contributed by atoms with E-state index in [0.717, 1.165) is 0 Å². The summed E-state index contributed by atoms with van der Waals surface area (Å²) in [5.41, 5.74) is 0.870. The quantitative estimate of drug-likeness (QED) is 0.468. The fourth-order valence-electron chi connectivity index (χ4n) is 0.790. The predicted molar refractivity (Wildman–Crippen MR) is 54.8 cm³/mol. The van der Waals surface area contributed by atoms with Gasteiger partial charge in [-0.3, -0.25) is 11.6 Å². The summed E-state index contributed by atoms with van der Waals surface area (Å²) in [7, 11) is 0. The fraction of sp³-hybridized carbons (Fsp3) is 0.143. The molecule has 0 bridgehead atoms. The van der Waals surface area contributed by atoms with Crippen molar-refractivity contribution >= 4 is 11.6 Å². The van der Waals surface area contributed by atoms with Crippen LogP contribution in [0.4, 0.5) is 0 Å². The molecule has 0 heterocycles. The Bertz CT molecular complexity index is 394. The van der Waals surface area contributed by atoms with Crippen molar-refractivity contribution in [3.05, 3.63) is 59.7 Å². The van der Waals surface area contributed by atoms with E-state index in [9.17, 15) is 9.59 Å². The first kappa shape index (κ1) is 15.6. The molecule has 2 aromatic rings. The van der Waals surface area contributed by atoms with Gasteiger partial charge < -0.3 is 69.2 Å². The van der Waals surface area contributed by atoms with E-state index in [4.69, 9.17) is 0 Å². The summed E-state index contributed by atoms with van der Waals surface area (Å²) in [5.74, 6) is -0.0787. The van der Waals surface area contributed by atoms with Crippen LogP contribution in [-0.2, 0) is 17.1 Å². The van der Waals surface area contributed by atoms with Crippen LogP contribution < -0.4 is 0 Å². The molecular formula is C14H6FeO2-10. The second-order valence-electron chi connectivity index (χ2n) is 2.86. The van der Waals surface area contributed by atoms with Gasteiger partial charge in [-0.15, -0.1) is 13.8 Å². The van der Waals surface area contributed by atoms with E-state index in [1.165, 1.54) is 13.8 Å². The summed E-state index contributed by atoms with van der Waals surface area (Å²) >= 11 is 0. The maximum absolute atomic E-state index is 10.4. The molecule has 0 N–H and O–H groups in total. The van der Waals surface area contributed by atoms with Crippen LogP contribution in [0.3, 0.4) is 0 Å². The normalized spacial score (nSPS) is 8.59. The van der Waals surface area contributed by atoms with Gasteiger partial charge in [-0.1, -0.05) is 0 Å². The van der Waals surface area contributed by atoms with Crippen molar-refractivity contribution in [2.45, 2.75) is 13.8 Å². The SMILES string of the molecule is CC(=O)[c-]1[c-][c-][c-][c-]1.CC(=O)[c-]1[c-][c-][c-][c-]1.[Fe]. The molecule has 17 heavy (non-hydrogen) atoms. The number of hydrogen-bond acceptors (Lipinski definition) is 2. The van der Waals surface area contributed by atoms with Crippen molar-refractivity contribution in [3.8, 4) is 0 Å². The van der Waals surface area contributed by atoms with E-state index in [1.807, 2.05) is 0 Å². The Morgan fingerprint density at radius 1 is 0.706 bits per heavy atom. The molecule has 0 amide bonds. The Labute approximate surface area is 112 Å². The van der Waals surface area contributed by atoms with E-state index in [2.05, 4.69) is 48.5 Å². The summed E-state index contributed by atoms with van der Waals surface area (Å²) in [5, 5.41) is 0. The van der Waals surface area contributed by atoms with Crippen LogP contribution in [-0.4, -0.2) is 11.6 Å². The van der Waals surface area contributed by atoms with Crippen LogP contribution in [0.5, 0.6) is 0 Å². The van der Waals surface area contributed by atoms with Gasteiger partial charge in [0.2, 0.25) is 0 Å². The molecule has 0 atom stereocenters. The van der Waals surface area contributed by atoms with E-state index < -0.39 is 0 Å². The molecular weight excluding hydrogens is 256 g/mol. The summed E-state index contributed by atoms with van der Waals surface area (Å²) in [6, 6.07) is 20.1. The van der Waals surface area contributed by atoms with Gasteiger partial charge in [0.25, 0.3) is 0 Å². The summed E-state index contributed by atoms with van der Waals surface area (Å²) in [4.78, 5) is 20.8. The molecule has 2 rings (SSSR count). The summed E-state index contributed by atoms with van der Waals surface area (Å²) in [6.07, 6.45) is 0. The first-order valence-electron chi connectivity index (χ1n) is 4.41. The number of hydrogen-bond donors (Lipinski definition) is 0. The maximum atomic E-state index is 10.4. The minimum atomic E-state index is -0.0394. The molecule has 0 unspecified atom stereocenters. The zero-order chi connectivity index (χ0) is 12.0. The summed E-state index contributed by atoms with van der Waals surface area (Å²) < 4.78 is 0. The molecule has 0 spiro atoms. The number of carbonyl (C=O) groups excluding carboxylic acids is 2. The van der Waals surface area contributed by atoms with Gasteiger partial charge in [0.05, 0.1) is 0 Å². The summed E-state index contributed by atoms with van der Waals surface area (Å²) in [6.45, 7) is 2.92. The van der Waals surface area contributed by atoms with Gasteiger partial charge in [-0.2, -0.15) is 0 Å². The molecule has 0 saturated heterocycles. The van der Waals surface area contributed by atoms with E-state index >= 15 is 0 Å². The Kier molecular flexibility index (Phi) is 7.11. The topological polar surface area (TPSA) is 34.1 Å². The molecule has 2 nitrogen and oxygen atoms in total. The first-order valence-corrected chi connectivity index (χ1v) is 4.41. The second kappa shape index (κ2) is 7.77. The molecule has 0 aliphatic rings. The van der Waals surface area contributed by atoms with Crippen LogP contribution in [0.2, 0.25) is 0 Å². The standard InChI is InChI=1S/2C7H3O.Fe/c2*1-6(8)7-4-2-3-5-7;/h2*1H3;/q2*-5;. The van der Waals surface area contributed by atoms with Gasteiger partial charge in [0.15, 0.2) is 0 Å². The van der Waals surface area contributed by atoms with E-state index in [1.54, 1.807) is 0 Å². The fourth-order valence-corrected chi connectivity index (χ4v) is 0.790. The predicted octanol–water partition coefficient (Wildman–Crippen LogP) is 1.62. The first-order chi connectivity index (χ1) is 7.61. The molecule has 2 aromatic carbocycles. The monoisotopic (exact) mass is 262 g/mol. The Morgan fingerprint density at radius 3 is 1.06 bits per heavy atom. The van der Waals surface area contributed by atoms with Gasteiger partial charge >= 0.3 is 0 Å². The zero-order valence-corrected chi connectivity index (χ0v) is 10.3. The Morgan fingerprint density at radius 2 is 0.941 bits per heavy atom. The van der Waals surface area contributed by atoms with Crippen LogP contribution in [0.25, 0.3) is 0 Å². The van der Waals surface area contributed by atoms with Gasteiger partial charge in [-0.25, -0.2) is 0 Å². The maximum Gasteiger partial charge on any atom is 0 e. The minimum absolute atomic E-state index is 0. The van der Waals surface area contributed by atoms with Gasteiger partial charge in [0, 0.05) is 17.1 Å². The molecule has 0 saturated carbocycles. The second-order valence-corrected chi connectivity index (χ2v) is 2.86. The molecule has 0 aliphatic carbocycles. The molecule has 0 aromatic heterocycles. The van der Waals surface area contributed by atoms with E-state index in [-0.39, 0.29) is 28.6 Å². The average molecular weight is 262 g/mol. The van der Waals surface area contributed by atoms with Crippen molar-refractivity contribution < 1.29 is 26.7 Å². The number of carbonyl (C=O) groups is 2.